The fourth-order valence-electron chi connectivity index (χ4n) is 1.98. The van der Waals surface area contributed by atoms with E-state index in [4.69, 9.17) is 0 Å². The third-order valence-electron chi connectivity index (χ3n) is 2.88. The predicted molar refractivity (Wildman–Crippen MR) is 81.8 cm³/mol. The van der Waals surface area contributed by atoms with Crippen molar-refractivity contribution in [2.75, 3.05) is 0 Å². The van der Waals surface area contributed by atoms with Crippen LogP contribution in [0, 0.1) is 5.82 Å². The lowest BCUT2D eigenvalue weighted by Crippen LogP contribution is -2.01. The van der Waals surface area contributed by atoms with E-state index in [0.717, 1.165) is 20.1 Å². The molecule has 0 aliphatic heterocycles. The van der Waals surface area contributed by atoms with Gasteiger partial charge in [0.05, 0.1) is 4.88 Å². The highest BCUT2D eigenvalue weighted by atomic mass is 79.9. The average molecular weight is 350 g/mol. The number of benzene rings is 1. The van der Waals surface area contributed by atoms with Gasteiger partial charge in [-0.3, -0.25) is 9.78 Å². The Hall–Kier alpha value is -1.59. The van der Waals surface area contributed by atoms with Crippen LogP contribution in [0.1, 0.15) is 15.2 Å². The lowest BCUT2D eigenvalue weighted by molar-refractivity contribution is 0.0997. The number of carbonyl (C=O) groups is 1. The predicted octanol–water partition coefficient (Wildman–Crippen LogP) is 4.62. The number of hydrogen-bond donors (Lipinski definition) is 0. The largest absolute Gasteiger partial charge is 0.293 e. The van der Waals surface area contributed by atoms with Gasteiger partial charge in [-0.1, -0.05) is 0 Å². The number of hydrogen-bond acceptors (Lipinski definition) is 3. The maximum atomic E-state index is 13.1. The fourth-order valence-corrected chi connectivity index (χ4v) is 3.37. The van der Waals surface area contributed by atoms with Crippen LogP contribution in [0.4, 0.5) is 4.39 Å². The summed E-state index contributed by atoms with van der Waals surface area (Å²) >= 11 is 4.72. The van der Waals surface area contributed by atoms with Crippen LogP contribution >= 0.6 is 27.3 Å². The molecular formula is C15H9BrFNOS. The zero-order chi connectivity index (χ0) is 14.1. The van der Waals surface area contributed by atoms with Gasteiger partial charge < -0.3 is 0 Å². The van der Waals surface area contributed by atoms with Crippen molar-refractivity contribution in [3.05, 3.63) is 63.5 Å². The summed E-state index contributed by atoms with van der Waals surface area (Å²) in [4.78, 5) is 16.9. The van der Waals surface area contributed by atoms with Crippen LogP contribution in [0.15, 0.2) is 47.2 Å². The Morgan fingerprint density at radius 1 is 1.25 bits per heavy atom. The zero-order valence-electron chi connectivity index (χ0n) is 10.3. The molecule has 100 valence electrons. The van der Waals surface area contributed by atoms with Gasteiger partial charge in [0, 0.05) is 28.0 Å². The number of ketones is 1. The summed E-state index contributed by atoms with van der Waals surface area (Å²) in [7, 11) is 0. The molecule has 5 heteroatoms. The van der Waals surface area contributed by atoms with Gasteiger partial charge in [0.15, 0.2) is 5.78 Å². The molecule has 0 atom stereocenters. The molecule has 0 saturated carbocycles. The summed E-state index contributed by atoms with van der Waals surface area (Å²) in [6, 6.07) is 8.18. The lowest BCUT2D eigenvalue weighted by atomic mass is 10.1. The first-order valence-corrected chi connectivity index (χ1v) is 7.54. The molecule has 20 heavy (non-hydrogen) atoms. The van der Waals surface area contributed by atoms with Crippen LogP contribution in [0.5, 0.6) is 0 Å². The SMILES string of the molecule is O=C(Cc1cncc(Br)c1)c1cc2cc(F)ccc2s1. The molecule has 0 spiro atoms. The molecule has 0 saturated heterocycles. The number of pyridine rings is 1. The van der Waals surface area contributed by atoms with E-state index >= 15 is 0 Å². The Balaban J connectivity index is 1.88. The van der Waals surface area contributed by atoms with Crippen LogP contribution in [0.3, 0.4) is 0 Å². The van der Waals surface area contributed by atoms with Crippen LogP contribution < -0.4 is 0 Å². The summed E-state index contributed by atoms with van der Waals surface area (Å²) in [5.41, 5.74) is 0.855. The molecule has 2 heterocycles. The van der Waals surface area contributed by atoms with Gasteiger partial charge in [-0.05, 0) is 57.2 Å². The molecule has 0 bridgehead atoms. The monoisotopic (exact) mass is 349 g/mol. The second-order valence-electron chi connectivity index (χ2n) is 4.40. The average Bonchev–Trinajstić information content (AvgIpc) is 2.81. The number of aromatic nitrogens is 1. The molecule has 0 N–H and O–H groups in total. The number of carbonyl (C=O) groups excluding carboxylic acids is 1. The number of rotatable bonds is 3. The lowest BCUT2D eigenvalue weighted by Gasteiger charge is -1.99. The summed E-state index contributed by atoms with van der Waals surface area (Å²) < 4.78 is 14.9. The smallest absolute Gasteiger partial charge is 0.177 e. The van der Waals surface area contributed by atoms with Crippen molar-refractivity contribution < 1.29 is 9.18 Å². The van der Waals surface area contributed by atoms with Crippen molar-refractivity contribution in [3.63, 3.8) is 0 Å². The Kier molecular flexibility index (Phi) is 3.63. The molecule has 0 aliphatic rings. The van der Waals surface area contributed by atoms with Gasteiger partial charge in [-0.2, -0.15) is 0 Å². The third-order valence-corrected chi connectivity index (χ3v) is 4.47. The van der Waals surface area contributed by atoms with E-state index in [9.17, 15) is 9.18 Å². The first kappa shape index (κ1) is 13.4. The highest BCUT2D eigenvalue weighted by molar-refractivity contribution is 9.10. The number of nitrogens with zero attached hydrogens (tertiary/aromatic N) is 1. The van der Waals surface area contributed by atoms with Gasteiger partial charge in [-0.25, -0.2) is 4.39 Å². The van der Waals surface area contributed by atoms with Crippen molar-refractivity contribution in [1.29, 1.82) is 0 Å². The first-order valence-electron chi connectivity index (χ1n) is 5.93. The molecule has 0 fully saturated rings. The summed E-state index contributed by atoms with van der Waals surface area (Å²) in [5.74, 6) is -0.267. The van der Waals surface area contributed by atoms with E-state index < -0.39 is 0 Å². The molecular weight excluding hydrogens is 341 g/mol. The minimum atomic E-state index is -0.287. The van der Waals surface area contributed by atoms with Crippen molar-refractivity contribution in [2.45, 2.75) is 6.42 Å². The summed E-state index contributed by atoms with van der Waals surface area (Å²) in [5, 5.41) is 0.769. The van der Waals surface area contributed by atoms with E-state index in [1.54, 1.807) is 24.5 Å². The van der Waals surface area contributed by atoms with E-state index in [-0.39, 0.29) is 11.6 Å². The topological polar surface area (TPSA) is 30.0 Å². The van der Waals surface area contributed by atoms with Gasteiger partial charge in [0.1, 0.15) is 5.82 Å². The minimum absolute atomic E-state index is 0.0199. The zero-order valence-corrected chi connectivity index (χ0v) is 12.7. The van der Waals surface area contributed by atoms with Crippen molar-refractivity contribution in [2.24, 2.45) is 0 Å². The fraction of sp³-hybridized carbons (Fsp3) is 0.0667. The van der Waals surface area contributed by atoms with Gasteiger partial charge in [0.2, 0.25) is 0 Å². The maximum Gasteiger partial charge on any atom is 0.177 e. The van der Waals surface area contributed by atoms with Gasteiger partial charge in [-0.15, -0.1) is 11.3 Å². The Morgan fingerprint density at radius 3 is 2.90 bits per heavy atom. The molecule has 0 radical (unpaired) electrons. The summed E-state index contributed by atoms with van der Waals surface area (Å²) in [6.07, 6.45) is 3.65. The molecule has 2 aromatic heterocycles. The van der Waals surface area contributed by atoms with Crippen molar-refractivity contribution >= 4 is 43.1 Å². The van der Waals surface area contributed by atoms with Crippen LogP contribution in [0.25, 0.3) is 10.1 Å². The Morgan fingerprint density at radius 2 is 2.10 bits per heavy atom. The highest BCUT2D eigenvalue weighted by Gasteiger charge is 2.12. The standard InChI is InChI=1S/C15H9BrFNOS/c16-11-3-9(7-18-8-11)4-13(19)15-6-10-5-12(17)1-2-14(10)20-15/h1-3,5-8H,4H2. The second kappa shape index (κ2) is 5.42. The molecule has 0 unspecified atom stereocenters. The van der Waals surface area contributed by atoms with E-state index in [1.165, 1.54) is 23.5 Å². The molecule has 2 nitrogen and oxygen atoms in total. The second-order valence-corrected chi connectivity index (χ2v) is 6.40. The quantitative estimate of drug-likeness (QED) is 0.645. The number of Topliss-reactive ketones (excluding diaryl/α,β-unsaturated/α-hetero) is 1. The Bertz CT molecular complexity index is 799. The normalized spacial score (nSPS) is 10.9. The van der Waals surface area contributed by atoms with Gasteiger partial charge in [0.25, 0.3) is 0 Å². The first-order chi connectivity index (χ1) is 9.61. The molecule has 0 aliphatic carbocycles. The van der Waals surface area contributed by atoms with E-state index in [0.29, 0.717) is 11.3 Å². The minimum Gasteiger partial charge on any atom is -0.293 e. The van der Waals surface area contributed by atoms with Crippen LogP contribution in [-0.2, 0) is 6.42 Å². The maximum absolute atomic E-state index is 13.1. The summed E-state index contributed by atoms with van der Waals surface area (Å²) in [6.45, 7) is 0. The van der Waals surface area contributed by atoms with Gasteiger partial charge >= 0.3 is 0 Å². The van der Waals surface area contributed by atoms with E-state index in [1.807, 2.05) is 6.07 Å². The number of fused-ring (bicyclic) bond motifs is 1. The van der Waals surface area contributed by atoms with Crippen molar-refractivity contribution in [1.82, 2.24) is 4.98 Å². The molecule has 0 amide bonds. The number of halogens is 2. The highest BCUT2D eigenvalue weighted by Crippen LogP contribution is 2.27. The molecule has 1 aromatic carbocycles. The molecule has 3 rings (SSSR count). The van der Waals surface area contributed by atoms with Crippen molar-refractivity contribution in [3.8, 4) is 0 Å². The molecule has 3 aromatic rings. The number of thiophene rings is 1. The third kappa shape index (κ3) is 2.78. The Labute approximate surface area is 127 Å². The van der Waals surface area contributed by atoms with E-state index in [2.05, 4.69) is 20.9 Å². The van der Waals surface area contributed by atoms with Crippen LogP contribution in [0.2, 0.25) is 0 Å². The van der Waals surface area contributed by atoms with Crippen LogP contribution in [-0.4, -0.2) is 10.8 Å².